The van der Waals surface area contributed by atoms with E-state index in [2.05, 4.69) is 11.1 Å². The molecular formula is C32H24FN5O4. The Hall–Kier alpha value is -5.58. The Balaban J connectivity index is 1.40. The van der Waals surface area contributed by atoms with Gasteiger partial charge in [0.15, 0.2) is 0 Å². The lowest BCUT2D eigenvalue weighted by Gasteiger charge is -2.11. The molecule has 2 aromatic heterocycles. The molecule has 10 heteroatoms. The summed E-state index contributed by atoms with van der Waals surface area (Å²) < 4.78 is 27.2. The molecule has 0 amide bonds. The fourth-order valence-electron chi connectivity index (χ4n) is 4.60. The summed E-state index contributed by atoms with van der Waals surface area (Å²) in [5, 5.41) is 28.3. The summed E-state index contributed by atoms with van der Waals surface area (Å²) in [7, 11) is 1.60. The average molecular weight is 562 g/mol. The Labute approximate surface area is 240 Å². The minimum Gasteiger partial charge on any atom is -0.478 e. The second kappa shape index (κ2) is 12.3. The van der Waals surface area contributed by atoms with Gasteiger partial charge in [-0.3, -0.25) is 0 Å². The number of carboxylic acid groups (broad SMARTS) is 1. The lowest BCUT2D eigenvalue weighted by molar-refractivity contribution is 0.0697. The molecule has 42 heavy (non-hydrogen) atoms. The second-order valence-corrected chi connectivity index (χ2v) is 9.42. The van der Waals surface area contributed by atoms with Crippen LogP contribution in [0.25, 0.3) is 22.3 Å². The van der Waals surface area contributed by atoms with Crippen molar-refractivity contribution in [1.82, 2.24) is 14.5 Å². The van der Waals surface area contributed by atoms with Gasteiger partial charge in [0.25, 0.3) is 0 Å². The topological polar surface area (TPSA) is 134 Å². The number of fused-ring (bicyclic) bond motifs is 1. The highest BCUT2D eigenvalue weighted by Gasteiger charge is 2.16. The van der Waals surface area contributed by atoms with Crippen molar-refractivity contribution in [2.75, 3.05) is 13.7 Å². The van der Waals surface area contributed by atoms with Crippen LogP contribution in [0.15, 0.2) is 72.8 Å². The molecule has 5 rings (SSSR count). The third-order valence-corrected chi connectivity index (χ3v) is 6.72. The summed E-state index contributed by atoms with van der Waals surface area (Å²) in [5.41, 5.74) is 4.42. The maximum atomic E-state index is 14.2. The van der Waals surface area contributed by atoms with Crippen LogP contribution in [-0.4, -0.2) is 39.3 Å². The minimum absolute atomic E-state index is 0.0733. The zero-order valence-corrected chi connectivity index (χ0v) is 22.5. The highest BCUT2D eigenvalue weighted by atomic mass is 19.1. The largest absolute Gasteiger partial charge is 0.478 e. The summed E-state index contributed by atoms with van der Waals surface area (Å²) in [6, 6.07) is 23.7. The molecule has 0 spiro atoms. The Morgan fingerprint density at radius 1 is 1.02 bits per heavy atom. The number of aromatic nitrogens is 3. The van der Waals surface area contributed by atoms with Crippen molar-refractivity contribution in [3.8, 4) is 29.3 Å². The first kappa shape index (κ1) is 28.0. The molecule has 208 valence electrons. The first-order valence-corrected chi connectivity index (χ1v) is 12.9. The number of hydrogen-bond acceptors (Lipinski definition) is 7. The number of ether oxygens (including phenoxy) is 2. The lowest BCUT2D eigenvalue weighted by atomic mass is 10.00. The van der Waals surface area contributed by atoms with Crippen LogP contribution in [0.4, 0.5) is 4.39 Å². The summed E-state index contributed by atoms with van der Waals surface area (Å²) in [4.78, 5) is 20.8. The molecule has 1 N–H and O–H groups in total. The van der Waals surface area contributed by atoms with E-state index in [-0.39, 0.29) is 23.6 Å². The van der Waals surface area contributed by atoms with Crippen LogP contribution in [0.3, 0.4) is 0 Å². The van der Waals surface area contributed by atoms with E-state index < -0.39 is 11.8 Å². The molecule has 9 nitrogen and oxygen atoms in total. The SMILES string of the molecule is COCCn1c(Cc2ccc(-c3cccc(OCc4ccc(C#N)cc4F)n3)c(C#N)c2)nc2ccc(C(=O)O)cc21. The fraction of sp³-hybridized carbons (Fsp3) is 0.156. The predicted octanol–water partition coefficient (Wildman–Crippen LogP) is 5.50. The van der Waals surface area contributed by atoms with E-state index in [9.17, 15) is 19.6 Å². The van der Waals surface area contributed by atoms with Crippen molar-refractivity contribution >= 4 is 17.0 Å². The number of imidazole rings is 1. The smallest absolute Gasteiger partial charge is 0.335 e. The van der Waals surface area contributed by atoms with E-state index in [0.29, 0.717) is 58.8 Å². The van der Waals surface area contributed by atoms with Gasteiger partial charge in [-0.05, 0) is 48.0 Å². The van der Waals surface area contributed by atoms with Crippen molar-refractivity contribution in [1.29, 1.82) is 10.5 Å². The van der Waals surface area contributed by atoms with Crippen LogP contribution in [0.1, 0.15) is 38.4 Å². The molecule has 0 aliphatic rings. The minimum atomic E-state index is -1.02. The van der Waals surface area contributed by atoms with Crippen molar-refractivity contribution in [2.45, 2.75) is 19.6 Å². The molecule has 0 unspecified atom stereocenters. The number of benzene rings is 3. The van der Waals surface area contributed by atoms with Gasteiger partial charge in [-0.15, -0.1) is 0 Å². The van der Waals surface area contributed by atoms with Crippen LogP contribution in [0.5, 0.6) is 5.88 Å². The highest BCUT2D eigenvalue weighted by Crippen LogP contribution is 2.27. The maximum Gasteiger partial charge on any atom is 0.335 e. The Kier molecular flexibility index (Phi) is 8.19. The van der Waals surface area contributed by atoms with Gasteiger partial charge in [0.05, 0.1) is 52.2 Å². The molecule has 3 aromatic carbocycles. The first-order valence-electron chi connectivity index (χ1n) is 12.9. The molecular weight excluding hydrogens is 537 g/mol. The Morgan fingerprint density at radius 2 is 1.88 bits per heavy atom. The molecule has 0 bridgehead atoms. The number of rotatable bonds is 10. The molecule has 2 heterocycles. The summed E-state index contributed by atoms with van der Waals surface area (Å²) >= 11 is 0. The van der Waals surface area contributed by atoms with E-state index in [1.807, 2.05) is 22.8 Å². The average Bonchev–Trinajstić information content (AvgIpc) is 3.35. The molecule has 0 radical (unpaired) electrons. The molecule has 0 aliphatic heterocycles. The van der Waals surface area contributed by atoms with Gasteiger partial charge in [-0.2, -0.15) is 10.5 Å². The van der Waals surface area contributed by atoms with Gasteiger partial charge < -0.3 is 19.1 Å². The number of carbonyl (C=O) groups is 1. The van der Waals surface area contributed by atoms with E-state index in [1.54, 1.807) is 43.5 Å². The van der Waals surface area contributed by atoms with Crippen molar-refractivity contribution in [3.63, 3.8) is 0 Å². The van der Waals surface area contributed by atoms with E-state index in [4.69, 9.17) is 19.7 Å². The number of hydrogen-bond donors (Lipinski definition) is 1. The molecule has 0 fully saturated rings. The summed E-state index contributed by atoms with van der Waals surface area (Å²) in [5.74, 6) is -0.580. The summed E-state index contributed by atoms with van der Waals surface area (Å²) in [6.07, 6.45) is 0.405. The number of methoxy groups -OCH3 is 1. The molecule has 0 aliphatic carbocycles. The quantitative estimate of drug-likeness (QED) is 0.236. The number of carboxylic acids is 1. The third kappa shape index (κ3) is 5.94. The van der Waals surface area contributed by atoms with Crippen LogP contribution < -0.4 is 4.74 Å². The third-order valence-electron chi connectivity index (χ3n) is 6.72. The van der Waals surface area contributed by atoms with E-state index in [0.717, 1.165) is 11.6 Å². The van der Waals surface area contributed by atoms with Crippen LogP contribution in [-0.2, 0) is 24.3 Å². The zero-order valence-electron chi connectivity index (χ0n) is 22.5. The maximum absolute atomic E-state index is 14.2. The number of nitriles is 2. The van der Waals surface area contributed by atoms with Gasteiger partial charge in [0.2, 0.25) is 5.88 Å². The monoisotopic (exact) mass is 561 g/mol. The fourth-order valence-corrected chi connectivity index (χ4v) is 4.60. The number of aromatic carboxylic acids is 1. The summed E-state index contributed by atoms with van der Waals surface area (Å²) in [6.45, 7) is 0.827. The standard InChI is InChI=1S/C32H24FN5O4/c1-41-12-11-38-29-16-22(32(39)40)8-10-28(29)36-30(38)15-20-6-9-25(24(13-20)18-35)27-3-2-4-31(37-27)42-19-23-7-5-21(17-34)14-26(23)33/h2-10,13-14,16H,11-12,15,19H2,1H3,(H,39,40). The number of nitrogens with zero attached hydrogens (tertiary/aromatic N) is 5. The van der Waals surface area contributed by atoms with Crippen molar-refractivity contribution < 1.29 is 23.8 Å². The molecule has 0 saturated heterocycles. The number of pyridine rings is 1. The van der Waals surface area contributed by atoms with Gasteiger partial charge in [-0.1, -0.05) is 24.3 Å². The van der Waals surface area contributed by atoms with Crippen LogP contribution >= 0.6 is 0 Å². The van der Waals surface area contributed by atoms with Crippen LogP contribution in [0, 0.1) is 28.5 Å². The van der Waals surface area contributed by atoms with Crippen LogP contribution in [0.2, 0.25) is 0 Å². The van der Waals surface area contributed by atoms with Gasteiger partial charge >= 0.3 is 5.97 Å². The van der Waals surface area contributed by atoms with Gasteiger partial charge in [0, 0.05) is 37.3 Å². The molecule has 5 aromatic rings. The lowest BCUT2D eigenvalue weighted by Crippen LogP contribution is -2.09. The molecule has 0 saturated carbocycles. The highest BCUT2D eigenvalue weighted by molar-refractivity contribution is 5.92. The van der Waals surface area contributed by atoms with E-state index >= 15 is 0 Å². The first-order chi connectivity index (χ1) is 20.4. The van der Waals surface area contributed by atoms with Crippen molar-refractivity contribution in [2.24, 2.45) is 0 Å². The van der Waals surface area contributed by atoms with Gasteiger partial charge in [-0.25, -0.2) is 19.2 Å². The van der Waals surface area contributed by atoms with Gasteiger partial charge in [0.1, 0.15) is 18.2 Å². The zero-order chi connectivity index (χ0) is 29.6. The Bertz CT molecular complexity index is 1890. The molecule has 0 atom stereocenters. The Morgan fingerprint density at radius 3 is 2.62 bits per heavy atom. The van der Waals surface area contributed by atoms with E-state index in [1.165, 1.54) is 18.2 Å². The number of halogens is 1. The second-order valence-electron chi connectivity index (χ2n) is 9.42. The normalized spacial score (nSPS) is 10.8. The predicted molar refractivity (Wildman–Crippen MR) is 151 cm³/mol. The van der Waals surface area contributed by atoms with Crippen molar-refractivity contribution in [3.05, 3.63) is 112 Å².